The number of benzene rings is 1. The van der Waals surface area contributed by atoms with E-state index in [2.05, 4.69) is 16.0 Å². The average molecular weight is 260 g/mol. The number of rotatable bonds is 2. The maximum atomic E-state index is 8.88. The van der Waals surface area contributed by atoms with Crippen LogP contribution < -0.4 is 0 Å². The highest BCUT2D eigenvalue weighted by molar-refractivity contribution is 5.85. The van der Waals surface area contributed by atoms with Crippen LogP contribution in [0.15, 0.2) is 41.3 Å². The molecule has 0 saturated heterocycles. The molecule has 0 amide bonds. The smallest absolute Gasteiger partial charge is 0.134 e. The first kappa shape index (κ1) is 12.2. The Hall–Kier alpha value is -2.25. The van der Waals surface area contributed by atoms with Crippen LogP contribution in [0.2, 0.25) is 0 Å². The van der Waals surface area contributed by atoms with Gasteiger partial charge >= 0.3 is 0 Å². The van der Waals surface area contributed by atoms with Gasteiger partial charge in [-0.25, -0.2) is 4.98 Å². The molecule has 0 bridgehead atoms. The lowest BCUT2D eigenvalue weighted by Crippen LogP contribution is -1.89. The van der Waals surface area contributed by atoms with Crippen molar-refractivity contribution in [2.24, 2.45) is 0 Å². The third-order valence-electron chi connectivity index (χ3n) is 2.70. The van der Waals surface area contributed by atoms with Crippen molar-refractivity contribution in [2.75, 3.05) is 0 Å². The van der Waals surface area contributed by atoms with Crippen molar-refractivity contribution >= 4 is 23.4 Å². The molecular formula is C13H10ClN3O. The molecule has 4 nitrogen and oxygen atoms in total. The Bertz CT molecular complexity index is 695. The summed E-state index contributed by atoms with van der Waals surface area (Å²) in [4.78, 5) is 7.23. The van der Waals surface area contributed by atoms with Crippen LogP contribution >= 0.6 is 12.4 Å². The average Bonchev–Trinajstić information content (AvgIpc) is 2.99. The lowest BCUT2D eigenvalue weighted by Gasteiger charge is -1.95. The quantitative estimate of drug-likeness (QED) is 0.769. The third kappa shape index (κ3) is 2.08. The van der Waals surface area contributed by atoms with Crippen molar-refractivity contribution in [1.82, 2.24) is 9.97 Å². The standard InChI is InChI=1S/C13H9N3O.ClH/c14-7-9-1-2-12-11(5-9)10(8-17-12)6-13-15-3-4-16-13;/h1-5,8H,6H2,(H,15,16);1H. The lowest BCUT2D eigenvalue weighted by atomic mass is 10.1. The molecule has 90 valence electrons. The summed E-state index contributed by atoms with van der Waals surface area (Å²) in [5, 5.41) is 9.86. The Labute approximate surface area is 110 Å². The molecule has 3 rings (SSSR count). The van der Waals surface area contributed by atoms with Gasteiger partial charge in [0, 0.05) is 29.8 Å². The van der Waals surface area contributed by atoms with Gasteiger partial charge in [0.2, 0.25) is 0 Å². The van der Waals surface area contributed by atoms with Gasteiger partial charge in [0.05, 0.1) is 17.9 Å². The molecule has 3 aromatic rings. The van der Waals surface area contributed by atoms with Crippen molar-refractivity contribution in [3.05, 3.63) is 53.8 Å². The van der Waals surface area contributed by atoms with Crippen molar-refractivity contribution < 1.29 is 4.42 Å². The fourth-order valence-electron chi connectivity index (χ4n) is 1.86. The number of hydrogen-bond donors (Lipinski definition) is 1. The highest BCUT2D eigenvalue weighted by Gasteiger charge is 2.08. The molecule has 2 heterocycles. The number of furan rings is 1. The van der Waals surface area contributed by atoms with Crippen molar-refractivity contribution in [3.63, 3.8) is 0 Å². The second-order valence-corrected chi connectivity index (χ2v) is 3.80. The van der Waals surface area contributed by atoms with Crippen LogP contribution in [0.4, 0.5) is 0 Å². The normalized spacial score (nSPS) is 9.94. The SMILES string of the molecule is Cl.N#Cc1ccc2occ(Cc3ncc[nH]3)c2c1. The van der Waals surface area contributed by atoms with Gasteiger partial charge in [-0.2, -0.15) is 5.26 Å². The second kappa shape index (κ2) is 4.94. The molecule has 1 aromatic carbocycles. The minimum atomic E-state index is 0. The Morgan fingerprint density at radius 1 is 1.39 bits per heavy atom. The van der Waals surface area contributed by atoms with Crippen molar-refractivity contribution in [3.8, 4) is 6.07 Å². The third-order valence-corrected chi connectivity index (χ3v) is 2.70. The zero-order chi connectivity index (χ0) is 11.7. The fraction of sp³-hybridized carbons (Fsp3) is 0.0769. The molecule has 0 aliphatic heterocycles. The number of nitrogens with zero attached hydrogens (tertiary/aromatic N) is 2. The summed E-state index contributed by atoms with van der Waals surface area (Å²) in [6, 6.07) is 7.55. The molecule has 18 heavy (non-hydrogen) atoms. The molecule has 0 radical (unpaired) electrons. The number of aromatic nitrogens is 2. The number of halogens is 1. The van der Waals surface area contributed by atoms with Gasteiger partial charge in [0.25, 0.3) is 0 Å². The van der Waals surface area contributed by atoms with Crippen LogP contribution in [0.3, 0.4) is 0 Å². The van der Waals surface area contributed by atoms with Crippen LogP contribution in [0.25, 0.3) is 11.0 Å². The van der Waals surface area contributed by atoms with E-state index < -0.39 is 0 Å². The van der Waals surface area contributed by atoms with Gasteiger partial charge in [-0.3, -0.25) is 0 Å². The highest BCUT2D eigenvalue weighted by Crippen LogP contribution is 2.23. The van der Waals surface area contributed by atoms with Crippen LogP contribution in [-0.4, -0.2) is 9.97 Å². The summed E-state index contributed by atoms with van der Waals surface area (Å²) < 4.78 is 5.45. The molecule has 5 heteroatoms. The number of hydrogen-bond acceptors (Lipinski definition) is 3. The van der Waals surface area contributed by atoms with E-state index >= 15 is 0 Å². The monoisotopic (exact) mass is 259 g/mol. The summed E-state index contributed by atoms with van der Waals surface area (Å²) in [5.41, 5.74) is 2.47. The number of nitrogens with one attached hydrogen (secondary N) is 1. The summed E-state index contributed by atoms with van der Waals surface area (Å²) >= 11 is 0. The van der Waals surface area contributed by atoms with Gasteiger partial charge < -0.3 is 9.40 Å². The first-order valence-electron chi connectivity index (χ1n) is 5.25. The zero-order valence-electron chi connectivity index (χ0n) is 9.38. The molecule has 0 aliphatic carbocycles. The van der Waals surface area contributed by atoms with E-state index in [1.54, 1.807) is 24.7 Å². The minimum absolute atomic E-state index is 0. The number of H-pyrrole nitrogens is 1. The number of aromatic amines is 1. The second-order valence-electron chi connectivity index (χ2n) is 3.80. The summed E-state index contributed by atoms with van der Waals surface area (Å²) in [6.07, 6.45) is 5.90. The van der Waals surface area contributed by atoms with Crippen LogP contribution in [-0.2, 0) is 6.42 Å². The van der Waals surface area contributed by atoms with Crippen LogP contribution in [0.5, 0.6) is 0 Å². The van der Waals surface area contributed by atoms with Gasteiger partial charge in [-0.1, -0.05) is 0 Å². The first-order chi connectivity index (χ1) is 8.36. The number of imidazole rings is 1. The first-order valence-corrected chi connectivity index (χ1v) is 5.25. The maximum Gasteiger partial charge on any atom is 0.134 e. The highest BCUT2D eigenvalue weighted by atomic mass is 35.5. The molecule has 0 saturated carbocycles. The summed E-state index contributed by atoms with van der Waals surface area (Å²) in [7, 11) is 0. The lowest BCUT2D eigenvalue weighted by molar-refractivity contribution is 0.611. The van der Waals surface area contributed by atoms with Gasteiger partial charge in [0.1, 0.15) is 11.4 Å². The molecular weight excluding hydrogens is 250 g/mol. The number of nitriles is 1. The fourth-order valence-corrected chi connectivity index (χ4v) is 1.86. The van der Waals surface area contributed by atoms with Crippen LogP contribution in [0.1, 0.15) is 17.0 Å². The Balaban J connectivity index is 0.00000120. The van der Waals surface area contributed by atoms with E-state index in [-0.39, 0.29) is 12.4 Å². The van der Waals surface area contributed by atoms with Gasteiger partial charge in [0.15, 0.2) is 0 Å². The Morgan fingerprint density at radius 2 is 2.28 bits per heavy atom. The molecule has 2 aromatic heterocycles. The molecule has 0 unspecified atom stereocenters. The Morgan fingerprint density at radius 3 is 3.00 bits per heavy atom. The topological polar surface area (TPSA) is 65.6 Å². The van der Waals surface area contributed by atoms with Crippen molar-refractivity contribution in [1.29, 1.82) is 5.26 Å². The van der Waals surface area contributed by atoms with Crippen LogP contribution in [0, 0.1) is 11.3 Å². The largest absolute Gasteiger partial charge is 0.464 e. The molecule has 0 atom stereocenters. The van der Waals surface area contributed by atoms with E-state index in [0.29, 0.717) is 12.0 Å². The summed E-state index contributed by atoms with van der Waals surface area (Å²) in [6.45, 7) is 0. The van der Waals surface area contributed by atoms with E-state index in [9.17, 15) is 0 Å². The van der Waals surface area contributed by atoms with Crippen molar-refractivity contribution in [2.45, 2.75) is 6.42 Å². The van der Waals surface area contributed by atoms with E-state index in [1.807, 2.05) is 12.1 Å². The predicted octanol–water partition coefficient (Wildman–Crippen LogP) is 3.04. The zero-order valence-corrected chi connectivity index (χ0v) is 10.2. The van der Waals surface area contributed by atoms with E-state index in [1.165, 1.54) is 0 Å². The van der Waals surface area contributed by atoms with Gasteiger partial charge in [-0.15, -0.1) is 12.4 Å². The molecule has 0 aliphatic rings. The number of fused-ring (bicyclic) bond motifs is 1. The van der Waals surface area contributed by atoms with Gasteiger partial charge in [-0.05, 0) is 18.2 Å². The van der Waals surface area contributed by atoms with E-state index in [0.717, 1.165) is 22.4 Å². The maximum absolute atomic E-state index is 8.88. The Kier molecular flexibility index (Phi) is 3.35. The predicted molar refractivity (Wildman–Crippen MR) is 69.6 cm³/mol. The molecule has 0 fully saturated rings. The molecule has 1 N–H and O–H groups in total. The molecule has 0 spiro atoms. The minimum Gasteiger partial charge on any atom is -0.464 e. The summed E-state index contributed by atoms with van der Waals surface area (Å²) in [5.74, 6) is 0.884. The van der Waals surface area contributed by atoms with E-state index in [4.69, 9.17) is 9.68 Å².